The van der Waals surface area contributed by atoms with E-state index in [1.165, 1.54) is 0 Å². The third-order valence-electron chi connectivity index (χ3n) is 5.52. The average Bonchev–Trinajstić information content (AvgIpc) is 2.61. The third kappa shape index (κ3) is 5.52. The molecule has 0 radical (unpaired) electrons. The zero-order valence-electron chi connectivity index (χ0n) is 17.7. The first-order chi connectivity index (χ1) is 13.2. The van der Waals surface area contributed by atoms with Gasteiger partial charge in [0.15, 0.2) is 0 Å². The molecule has 0 bridgehead atoms. The average molecular weight is 390 g/mol. The fourth-order valence-electron chi connectivity index (χ4n) is 4.00. The molecule has 0 saturated carbocycles. The molecule has 7 heteroatoms. The number of carbonyl (C=O) groups is 1. The van der Waals surface area contributed by atoms with Gasteiger partial charge in [0.2, 0.25) is 0 Å². The molecule has 2 aliphatic rings. The van der Waals surface area contributed by atoms with E-state index < -0.39 is 11.7 Å². The Bertz CT molecular complexity index is 672. The number of amides is 1. The third-order valence-corrected chi connectivity index (χ3v) is 5.52. The van der Waals surface area contributed by atoms with Crippen molar-refractivity contribution in [2.75, 3.05) is 62.3 Å². The lowest BCUT2D eigenvalue weighted by Crippen LogP contribution is -2.52. The molecule has 1 amide bonds. The maximum atomic E-state index is 12.3. The van der Waals surface area contributed by atoms with Gasteiger partial charge >= 0.3 is 6.09 Å². The fraction of sp³-hybridized carbons (Fsp3) is 0.667. The standard InChI is InChI=1S/C21H35N5O2/c1-21(2,3)28-20(27)23-18-15-16(22)5-6-19(18)26-9-7-17(8-10-26)25-13-11-24(4)12-14-25/h5-6,15,17H,7-14,22H2,1-4H3,(H,23,27). The lowest BCUT2D eigenvalue weighted by atomic mass is 10.0. The predicted molar refractivity (Wildman–Crippen MR) is 115 cm³/mol. The SMILES string of the molecule is CN1CCN(C2CCN(c3ccc(N)cc3NC(=O)OC(C)(C)C)CC2)CC1. The highest BCUT2D eigenvalue weighted by Gasteiger charge is 2.28. The largest absolute Gasteiger partial charge is 0.444 e. The van der Waals surface area contributed by atoms with Crippen LogP contribution in [0.3, 0.4) is 0 Å². The minimum absolute atomic E-state index is 0.452. The molecule has 156 valence electrons. The maximum Gasteiger partial charge on any atom is 0.412 e. The normalized spacial score (nSPS) is 20.2. The highest BCUT2D eigenvalue weighted by molar-refractivity contribution is 5.91. The number of rotatable bonds is 3. The first-order valence-corrected chi connectivity index (χ1v) is 10.3. The number of nitrogen functional groups attached to an aromatic ring is 1. The summed E-state index contributed by atoms with van der Waals surface area (Å²) in [7, 11) is 2.19. The highest BCUT2D eigenvalue weighted by atomic mass is 16.6. The molecule has 0 aromatic heterocycles. The van der Waals surface area contributed by atoms with Crippen molar-refractivity contribution in [2.24, 2.45) is 0 Å². The Morgan fingerprint density at radius 1 is 1.11 bits per heavy atom. The van der Waals surface area contributed by atoms with Gasteiger partial charge < -0.3 is 20.3 Å². The second-order valence-electron chi connectivity index (χ2n) is 8.96. The number of hydrogen-bond acceptors (Lipinski definition) is 6. The number of piperazine rings is 1. The molecule has 2 heterocycles. The van der Waals surface area contributed by atoms with Gasteiger partial charge in [0.1, 0.15) is 5.60 Å². The molecule has 0 aliphatic carbocycles. The first kappa shape index (κ1) is 20.7. The van der Waals surface area contributed by atoms with Gasteiger partial charge in [0, 0.05) is 51.0 Å². The van der Waals surface area contributed by atoms with Crippen LogP contribution in [0.5, 0.6) is 0 Å². The molecule has 3 N–H and O–H groups in total. The Labute approximate surface area is 168 Å². The molecule has 7 nitrogen and oxygen atoms in total. The minimum Gasteiger partial charge on any atom is -0.444 e. The van der Waals surface area contributed by atoms with Crippen molar-refractivity contribution >= 4 is 23.2 Å². The quantitative estimate of drug-likeness (QED) is 0.775. The molecular formula is C21H35N5O2. The number of carbonyl (C=O) groups excluding carboxylic acids is 1. The fourth-order valence-corrected chi connectivity index (χ4v) is 4.00. The number of benzene rings is 1. The van der Waals surface area contributed by atoms with E-state index >= 15 is 0 Å². The molecule has 1 aromatic rings. The number of likely N-dealkylation sites (N-methyl/N-ethyl adjacent to an activating group) is 1. The van der Waals surface area contributed by atoms with Crippen molar-refractivity contribution in [2.45, 2.75) is 45.3 Å². The summed E-state index contributed by atoms with van der Waals surface area (Å²) >= 11 is 0. The Morgan fingerprint density at radius 2 is 1.75 bits per heavy atom. The summed E-state index contributed by atoms with van der Waals surface area (Å²) in [4.78, 5) is 19.6. The summed E-state index contributed by atoms with van der Waals surface area (Å²) in [6.07, 6.45) is 1.83. The van der Waals surface area contributed by atoms with Crippen LogP contribution >= 0.6 is 0 Å². The highest BCUT2D eigenvalue weighted by Crippen LogP contribution is 2.32. The van der Waals surface area contributed by atoms with E-state index in [1.807, 2.05) is 39.0 Å². The van der Waals surface area contributed by atoms with E-state index in [0.29, 0.717) is 17.4 Å². The van der Waals surface area contributed by atoms with Crippen LogP contribution in [0.25, 0.3) is 0 Å². The van der Waals surface area contributed by atoms with Crippen LogP contribution in [0, 0.1) is 0 Å². The van der Waals surface area contributed by atoms with E-state index in [2.05, 4.69) is 27.1 Å². The van der Waals surface area contributed by atoms with Gasteiger partial charge in [-0.05, 0) is 58.9 Å². The van der Waals surface area contributed by atoms with E-state index in [-0.39, 0.29) is 0 Å². The minimum atomic E-state index is -0.536. The van der Waals surface area contributed by atoms with E-state index in [4.69, 9.17) is 10.5 Å². The van der Waals surface area contributed by atoms with Gasteiger partial charge in [-0.1, -0.05) is 0 Å². The van der Waals surface area contributed by atoms with Crippen molar-refractivity contribution in [3.63, 3.8) is 0 Å². The Morgan fingerprint density at radius 3 is 2.36 bits per heavy atom. The number of piperidine rings is 1. The van der Waals surface area contributed by atoms with Crippen molar-refractivity contribution in [1.29, 1.82) is 0 Å². The molecular weight excluding hydrogens is 354 g/mol. The van der Waals surface area contributed by atoms with Crippen molar-refractivity contribution in [1.82, 2.24) is 9.80 Å². The summed E-state index contributed by atoms with van der Waals surface area (Å²) in [6.45, 7) is 12.2. The smallest absolute Gasteiger partial charge is 0.412 e. The van der Waals surface area contributed by atoms with Gasteiger partial charge in [-0.15, -0.1) is 0 Å². The van der Waals surface area contributed by atoms with E-state index in [1.54, 1.807) is 0 Å². The summed E-state index contributed by atoms with van der Waals surface area (Å²) < 4.78 is 5.41. The summed E-state index contributed by atoms with van der Waals surface area (Å²) in [5.41, 5.74) is 7.79. The number of nitrogens with zero attached hydrogens (tertiary/aromatic N) is 3. The number of nitrogens with one attached hydrogen (secondary N) is 1. The monoisotopic (exact) mass is 389 g/mol. The molecule has 0 atom stereocenters. The van der Waals surface area contributed by atoms with Crippen LogP contribution in [0.1, 0.15) is 33.6 Å². The van der Waals surface area contributed by atoms with Gasteiger partial charge in [0.05, 0.1) is 11.4 Å². The van der Waals surface area contributed by atoms with Crippen LogP contribution < -0.4 is 16.0 Å². The van der Waals surface area contributed by atoms with Crippen LogP contribution in [0.15, 0.2) is 18.2 Å². The lowest BCUT2D eigenvalue weighted by Gasteiger charge is -2.43. The van der Waals surface area contributed by atoms with Crippen LogP contribution in [0.4, 0.5) is 21.9 Å². The Balaban J connectivity index is 1.63. The zero-order chi connectivity index (χ0) is 20.3. The van der Waals surface area contributed by atoms with E-state index in [0.717, 1.165) is 57.8 Å². The van der Waals surface area contributed by atoms with Crippen LogP contribution in [-0.2, 0) is 4.74 Å². The molecule has 3 rings (SSSR count). The predicted octanol–water partition coefficient (Wildman–Crippen LogP) is 2.83. The van der Waals surface area contributed by atoms with Crippen molar-refractivity contribution < 1.29 is 9.53 Å². The number of ether oxygens (including phenoxy) is 1. The first-order valence-electron chi connectivity index (χ1n) is 10.3. The van der Waals surface area contributed by atoms with Gasteiger partial charge in [-0.2, -0.15) is 0 Å². The molecule has 0 unspecified atom stereocenters. The molecule has 2 saturated heterocycles. The van der Waals surface area contributed by atoms with Crippen molar-refractivity contribution in [3.05, 3.63) is 18.2 Å². The molecule has 1 aromatic carbocycles. The Hall–Kier alpha value is -1.99. The topological polar surface area (TPSA) is 74.1 Å². The van der Waals surface area contributed by atoms with Crippen LogP contribution in [0.2, 0.25) is 0 Å². The number of nitrogens with two attached hydrogens (primary N) is 1. The summed E-state index contributed by atoms with van der Waals surface area (Å²) in [5.74, 6) is 0. The molecule has 28 heavy (non-hydrogen) atoms. The number of anilines is 3. The van der Waals surface area contributed by atoms with Gasteiger partial charge in [-0.25, -0.2) is 4.79 Å². The van der Waals surface area contributed by atoms with Gasteiger partial charge in [-0.3, -0.25) is 10.2 Å². The molecule has 2 aliphatic heterocycles. The Kier molecular flexibility index (Phi) is 6.35. The lowest BCUT2D eigenvalue weighted by molar-refractivity contribution is 0.0636. The second kappa shape index (κ2) is 8.57. The molecule has 2 fully saturated rings. The van der Waals surface area contributed by atoms with Crippen molar-refractivity contribution in [3.8, 4) is 0 Å². The maximum absolute atomic E-state index is 12.3. The zero-order valence-corrected chi connectivity index (χ0v) is 17.7. The second-order valence-corrected chi connectivity index (χ2v) is 8.96. The van der Waals surface area contributed by atoms with Crippen LogP contribution in [-0.4, -0.2) is 73.9 Å². The summed E-state index contributed by atoms with van der Waals surface area (Å²) in [5, 5.41) is 2.89. The van der Waals surface area contributed by atoms with E-state index in [9.17, 15) is 4.79 Å². The molecule has 0 spiro atoms. The number of hydrogen-bond donors (Lipinski definition) is 2. The summed E-state index contributed by atoms with van der Waals surface area (Å²) in [6, 6.07) is 6.35. The van der Waals surface area contributed by atoms with Gasteiger partial charge in [0.25, 0.3) is 0 Å².